The molecule has 12 saturated carbocycles. The molecule has 0 radical (unpaired) electrons. The molecule has 6 aliphatic heterocycles. The lowest BCUT2D eigenvalue weighted by Crippen LogP contribution is -2.75. The Hall–Kier alpha value is -2.48. The Balaban J connectivity index is 0.000000118. The molecular weight excluding hydrogens is 716 g/mol. The molecular formula is C44H54N2O10. The summed E-state index contributed by atoms with van der Waals surface area (Å²) in [6.45, 7) is 17.1. The molecule has 6 heterocycles. The van der Waals surface area contributed by atoms with E-state index >= 15 is 0 Å². The van der Waals surface area contributed by atoms with Gasteiger partial charge in [-0.05, 0) is 49.4 Å². The lowest BCUT2D eigenvalue weighted by atomic mass is 9.37. The first-order valence-corrected chi connectivity index (χ1v) is 21.2. The van der Waals surface area contributed by atoms with Gasteiger partial charge < -0.3 is 29.9 Å². The van der Waals surface area contributed by atoms with Gasteiger partial charge in [0.2, 0.25) is 0 Å². The van der Waals surface area contributed by atoms with Crippen LogP contribution in [-0.4, -0.2) is 114 Å². The summed E-state index contributed by atoms with van der Waals surface area (Å²) in [5, 5.41) is 48.9. The van der Waals surface area contributed by atoms with E-state index in [1.807, 2.05) is 0 Å². The zero-order valence-corrected chi connectivity index (χ0v) is 32.8. The number of hydrogen-bond donors (Lipinski definition) is 4. The van der Waals surface area contributed by atoms with Crippen molar-refractivity contribution < 1.29 is 49.1 Å². The van der Waals surface area contributed by atoms with Crippen molar-refractivity contribution in [3.05, 3.63) is 24.3 Å². The Kier molecular flexibility index (Phi) is 5.43. The number of hydrogen-bond acceptors (Lipinski definition) is 12. The number of fused-ring (bicyclic) bond motifs is 2. The molecule has 18 aliphatic rings. The number of rotatable bonds is 2. The van der Waals surface area contributed by atoms with Crippen LogP contribution in [0.15, 0.2) is 24.3 Å². The molecule has 18 bridgehead atoms. The molecule has 22 atom stereocenters. The highest BCUT2D eigenvalue weighted by atomic mass is 16.5. The van der Waals surface area contributed by atoms with Crippen molar-refractivity contribution in [2.24, 2.45) is 68.0 Å². The number of carbonyl (C=O) groups is 4. The van der Waals surface area contributed by atoms with E-state index in [4.69, 9.17) is 9.47 Å². The summed E-state index contributed by atoms with van der Waals surface area (Å²) in [7, 11) is 0. The van der Waals surface area contributed by atoms with Crippen LogP contribution in [0, 0.1) is 68.0 Å². The average molecular weight is 771 g/mol. The van der Waals surface area contributed by atoms with Gasteiger partial charge >= 0.3 is 11.9 Å². The number of esters is 2. The Morgan fingerprint density at radius 1 is 0.643 bits per heavy atom. The monoisotopic (exact) mass is 770 g/mol. The van der Waals surface area contributed by atoms with Crippen LogP contribution in [0.25, 0.3) is 0 Å². The Morgan fingerprint density at radius 3 is 1.38 bits per heavy atom. The third-order valence-corrected chi connectivity index (χ3v) is 20.9. The molecule has 12 aliphatic carbocycles. The summed E-state index contributed by atoms with van der Waals surface area (Å²) < 4.78 is 11.8. The van der Waals surface area contributed by atoms with E-state index in [9.17, 15) is 39.6 Å². The fourth-order valence-corrected chi connectivity index (χ4v) is 21.3. The first kappa shape index (κ1) is 34.4. The molecule has 0 aromatic carbocycles. The second-order valence-electron chi connectivity index (χ2n) is 22.8. The van der Waals surface area contributed by atoms with Gasteiger partial charge in [-0.3, -0.25) is 29.0 Å². The molecule has 56 heavy (non-hydrogen) atoms. The topological polar surface area (TPSA) is 174 Å². The van der Waals surface area contributed by atoms with E-state index in [0.29, 0.717) is 77.3 Å². The zero-order valence-electron chi connectivity index (χ0n) is 32.8. The molecule has 2 unspecified atom stereocenters. The number of nitrogens with zero attached hydrogens (tertiary/aromatic N) is 2. The van der Waals surface area contributed by atoms with Crippen LogP contribution in [-0.2, 0) is 28.7 Å². The molecule has 12 heteroatoms. The molecule has 18 rings (SSSR count). The predicted molar refractivity (Wildman–Crippen MR) is 193 cm³/mol. The highest BCUT2D eigenvalue weighted by molar-refractivity contribution is 5.84. The summed E-state index contributed by atoms with van der Waals surface area (Å²) in [6.07, 6.45) is 4.38. The van der Waals surface area contributed by atoms with Gasteiger partial charge in [0, 0.05) is 122 Å². The summed E-state index contributed by atoms with van der Waals surface area (Å²) in [5.41, 5.74) is -4.79. The molecule has 12 nitrogen and oxygen atoms in total. The van der Waals surface area contributed by atoms with Crippen molar-refractivity contribution >= 4 is 23.5 Å². The quantitative estimate of drug-likeness (QED) is 0.238. The first-order chi connectivity index (χ1) is 26.1. The normalized spacial score (nSPS) is 66.7. The second-order valence-corrected chi connectivity index (χ2v) is 22.8. The van der Waals surface area contributed by atoms with Crippen molar-refractivity contribution in [3.63, 3.8) is 0 Å². The van der Waals surface area contributed by atoms with Crippen LogP contribution >= 0.6 is 0 Å². The largest absolute Gasteiger partial charge is 0.462 e. The lowest BCUT2D eigenvalue weighted by molar-refractivity contribution is -0.302. The van der Waals surface area contributed by atoms with Gasteiger partial charge in [-0.25, -0.2) is 0 Å². The molecule has 0 amide bonds. The van der Waals surface area contributed by atoms with Crippen LogP contribution in [0.3, 0.4) is 0 Å². The van der Waals surface area contributed by atoms with E-state index < -0.39 is 44.3 Å². The summed E-state index contributed by atoms with van der Waals surface area (Å²) in [4.78, 5) is 54.3. The third kappa shape index (κ3) is 2.83. The van der Waals surface area contributed by atoms with Crippen molar-refractivity contribution in [2.45, 2.75) is 139 Å². The summed E-state index contributed by atoms with van der Waals surface area (Å²) in [5.74, 6) is -0.562. The maximum atomic E-state index is 13.0. The minimum absolute atomic E-state index is 0.0358. The predicted octanol–water partition coefficient (Wildman–Crippen LogP) is 2.01. The van der Waals surface area contributed by atoms with Gasteiger partial charge in [0.15, 0.2) is 0 Å². The number of ether oxygens (including phenoxy) is 2. The Bertz CT molecular complexity index is 1980. The van der Waals surface area contributed by atoms with Gasteiger partial charge in [-0.1, -0.05) is 38.2 Å². The molecule has 0 aromatic heterocycles. The van der Waals surface area contributed by atoms with E-state index in [2.05, 4.69) is 36.8 Å². The first-order valence-electron chi connectivity index (χ1n) is 21.2. The SMILES string of the molecule is C=C1C[C@]23C[C@@]4(O)[C@@H]5[C@@]6(C)CC(=O)C[C@]57[C@@H]([C@H]2[C@@H](OC(C)=O)[C@H]1C[C@]37O)N4C6.C=C1C[C@]23C[C@@]4(O)[C@@H]5[C@@]6(C)CC(=O)C[C@]57[C@@H]([C@H]2[C@@H](OC(C)=O)[C@H]1C[C@]37O)N4C6. The molecule has 300 valence electrons. The molecule has 4 N–H and O–H groups in total. The van der Waals surface area contributed by atoms with Crippen molar-refractivity contribution in [3.8, 4) is 0 Å². The van der Waals surface area contributed by atoms with Crippen LogP contribution < -0.4 is 0 Å². The molecule has 6 saturated heterocycles. The van der Waals surface area contributed by atoms with Gasteiger partial charge in [0.25, 0.3) is 0 Å². The fraction of sp³-hybridized carbons (Fsp3) is 0.818. The van der Waals surface area contributed by atoms with Crippen molar-refractivity contribution in [2.75, 3.05) is 13.1 Å². The van der Waals surface area contributed by atoms with Crippen molar-refractivity contribution in [1.82, 2.24) is 9.80 Å². The highest BCUT2D eigenvalue weighted by Crippen LogP contribution is 2.92. The van der Waals surface area contributed by atoms with Crippen LogP contribution in [0.2, 0.25) is 0 Å². The maximum Gasteiger partial charge on any atom is 0.302 e. The van der Waals surface area contributed by atoms with Crippen LogP contribution in [0.5, 0.6) is 0 Å². The fourth-order valence-electron chi connectivity index (χ4n) is 21.3. The molecule has 4 spiro atoms. The second kappa shape index (κ2) is 8.85. The Morgan fingerprint density at radius 2 is 1.02 bits per heavy atom. The highest BCUT2D eigenvalue weighted by Gasteiger charge is 2.99. The van der Waals surface area contributed by atoms with Gasteiger partial charge in [0.05, 0.1) is 11.2 Å². The zero-order chi connectivity index (χ0) is 39.3. The molecule has 18 fully saturated rings. The van der Waals surface area contributed by atoms with E-state index in [0.717, 1.165) is 11.1 Å². The number of piperidine rings is 4. The lowest BCUT2D eigenvalue weighted by Gasteiger charge is -2.69. The third-order valence-electron chi connectivity index (χ3n) is 20.9. The maximum absolute atomic E-state index is 13.0. The van der Waals surface area contributed by atoms with Gasteiger partial charge in [0.1, 0.15) is 35.2 Å². The Labute approximate surface area is 326 Å². The van der Waals surface area contributed by atoms with Crippen LogP contribution in [0.1, 0.15) is 91.9 Å². The van der Waals surface area contributed by atoms with Crippen LogP contribution in [0.4, 0.5) is 0 Å². The number of ketones is 2. The van der Waals surface area contributed by atoms with Crippen molar-refractivity contribution in [1.29, 1.82) is 0 Å². The average Bonchev–Trinajstić information content (AvgIpc) is 3.59. The van der Waals surface area contributed by atoms with Gasteiger partial charge in [-0.2, -0.15) is 0 Å². The van der Waals surface area contributed by atoms with E-state index in [1.165, 1.54) is 13.8 Å². The van der Waals surface area contributed by atoms with Gasteiger partial charge in [-0.15, -0.1) is 0 Å². The summed E-state index contributed by atoms with van der Waals surface area (Å²) >= 11 is 0. The summed E-state index contributed by atoms with van der Waals surface area (Å²) in [6, 6.07) is -0.193. The minimum atomic E-state index is -0.999. The number of carbonyl (C=O) groups excluding carboxylic acids is 4. The number of aliphatic hydroxyl groups is 4. The standard InChI is InChI=1S/2C22H27NO5/c2*1-10-4-19-8-21(26)17-18(3)5-12(25)6-20(17)16(23(21)9-18)14(19)15(28-11(2)24)13(10)7-22(19,20)27/h2*13-17,26-27H,1,4-9H2,2-3H3/t2*13-,14+,15-,16+,17+,18-,19-,20-,21+,22-/m00/s1. The van der Waals surface area contributed by atoms with E-state index in [-0.39, 0.29) is 94.1 Å². The minimum Gasteiger partial charge on any atom is -0.462 e. The number of Topliss-reactive ketones (excluding diaryl/α,β-unsaturated/α-hetero) is 2. The smallest absolute Gasteiger partial charge is 0.302 e. The van der Waals surface area contributed by atoms with E-state index in [1.54, 1.807) is 0 Å². The molecule has 0 aromatic rings.